The Balaban J connectivity index is 3.27. The second kappa shape index (κ2) is 6.58. The zero-order valence-corrected chi connectivity index (χ0v) is 7.00. The normalized spacial score (nSPS) is 11.8. The predicted molar refractivity (Wildman–Crippen MR) is 43.2 cm³/mol. The fraction of sp³-hybridized carbons (Fsp3) is 0.714. The van der Waals surface area contributed by atoms with Crippen LogP contribution in [0.25, 0.3) is 0 Å². The topological polar surface area (TPSA) is 85.2 Å². The number of rotatable bonds is 5. The van der Waals surface area contributed by atoms with E-state index in [9.17, 15) is 4.79 Å². The van der Waals surface area contributed by atoms with Gasteiger partial charge < -0.3 is 15.7 Å². The van der Waals surface area contributed by atoms with Crippen LogP contribution in [-0.2, 0) is 4.79 Å². The molecule has 0 aliphatic heterocycles. The van der Waals surface area contributed by atoms with Gasteiger partial charge >= 0.3 is 0 Å². The number of aliphatic hydroxyl groups is 1. The van der Waals surface area contributed by atoms with Crippen LogP contribution in [0.3, 0.4) is 0 Å². The van der Waals surface area contributed by atoms with E-state index < -0.39 is 6.10 Å². The van der Waals surface area contributed by atoms with Crippen LogP contribution in [0, 0.1) is 11.3 Å². The summed E-state index contributed by atoms with van der Waals surface area (Å²) in [6.07, 6.45) is -0.464. The Hall–Kier alpha value is -1.12. The molecule has 0 aromatic carbocycles. The Bertz CT molecular complexity index is 174. The number of nitrogens with one attached hydrogen (secondary N) is 2. The lowest BCUT2D eigenvalue weighted by molar-refractivity contribution is -0.120. The van der Waals surface area contributed by atoms with Gasteiger partial charge in [-0.25, -0.2) is 0 Å². The van der Waals surface area contributed by atoms with Crippen LogP contribution >= 0.6 is 0 Å². The molecule has 0 heterocycles. The fourth-order valence-electron chi connectivity index (χ4n) is 0.595. The zero-order valence-electron chi connectivity index (χ0n) is 7.00. The van der Waals surface area contributed by atoms with Crippen molar-refractivity contribution in [2.75, 3.05) is 19.6 Å². The van der Waals surface area contributed by atoms with E-state index in [-0.39, 0.29) is 19.0 Å². The Morgan fingerprint density at radius 1 is 1.75 bits per heavy atom. The van der Waals surface area contributed by atoms with Crippen molar-refractivity contribution in [1.29, 1.82) is 5.26 Å². The smallest absolute Gasteiger partial charge is 0.234 e. The van der Waals surface area contributed by atoms with Gasteiger partial charge in [0.2, 0.25) is 5.91 Å². The van der Waals surface area contributed by atoms with Gasteiger partial charge in [-0.3, -0.25) is 4.79 Å². The summed E-state index contributed by atoms with van der Waals surface area (Å²) in [4.78, 5) is 10.8. The number of carbonyl (C=O) groups excluding carboxylic acids is 1. The van der Waals surface area contributed by atoms with Crippen molar-refractivity contribution in [3.05, 3.63) is 0 Å². The number of nitriles is 1. The molecule has 0 aromatic heterocycles. The molecule has 3 N–H and O–H groups in total. The molecule has 0 aliphatic carbocycles. The van der Waals surface area contributed by atoms with E-state index in [2.05, 4.69) is 10.6 Å². The quantitative estimate of drug-likeness (QED) is 0.444. The average molecular weight is 171 g/mol. The van der Waals surface area contributed by atoms with Gasteiger partial charge in [-0.2, -0.15) is 5.26 Å². The van der Waals surface area contributed by atoms with Crippen molar-refractivity contribution in [2.45, 2.75) is 13.0 Å². The van der Waals surface area contributed by atoms with Crippen LogP contribution in [-0.4, -0.2) is 36.8 Å². The molecule has 0 aromatic rings. The van der Waals surface area contributed by atoms with E-state index in [0.29, 0.717) is 6.54 Å². The minimum absolute atomic E-state index is 0.0230. The monoisotopic (exact) mass is 171 g/mol. The standard InChI is InChI=1S/C7H13N3O2/c1-6(11)4-9-5-7(12)10-3-2-8/h6,9,11H,3-5H2,1H3,(H,10,12). The third-order valence-electron chi connectivity index (χ3n) is 1.09. The summed E-state index contributed by atoms with van der Waals surface area (Å²) in [7, 11) is 0. The van der Waals surface area contributed by atoms with Gasteiger partial charge in [0.25, 0.3) is 0 Å². The number of aliphatic hydroxyl groups excluding tert-OH is 1. The molecular formula is C7H13N3O2. The number of hydrogen-bond acceptors (Lipinski definition) is 4. The van der Waals surface area contributed by atoms with Gasteiger partial charge in [0.1, 0.15) is 6.54 Å². The lowest BCUT2D eigenvalue weighted by atomic mass is 10.4. The van der Waals surface area contributed by atoms with Crippen molar-refractivity contribution in [2.24, 2.45) is 0 Å². The molecule has 0 saturated heterocycles. The highest BCUT2D eigenvalue weighted by Crippen LogP contribution is 1.73. The lowest BCUT2D eigenvalue weighted by Crippen LogP contribution is -2.36. The van der Waals surface area contributed by atoms with Gasteiger partial charge in [0, 0.05) is 6.54 Å². The SMILES string of the molecule is CC(O)CNCC(=O)NCC#N. The largest absolute Gasteiger partial charge is 0.392 e. The van der Waals surface area contributed by atoms with Crippen molar-refractivity contribution in [1.82, 2.24) is 10.6 Å². The highest BCUT2D eigenvalue weighted by Gasteiger charge is 1.99. The van der Waals surface area contributed by atoms with Crippen molar-refractivity contribution in [3.8, 4) is 6.07 Å². The van der Waals surface area contributed by atoms with Crippen LogP contribution in [0.15, 0.2) is 0 Å². The maximum absolute atomic E-state index is 10.8. The van der Waals surface area contributed by atoms with E-state index in [1.165, 1.54) is 0 Å². The summed E-state index contributed by atoms with van der Waals surface area (Å²) in [6.45, 7) is 2.15. The molecule has 1 amide bonds. The Labute approximate surface area is 71.4 Å². The summed E-state index contributed by atoms with van der Waals surface area (Å²) in [5, 5.41) is 22.0. The van der Waals surface area contributed by atoms with Crippen LogP contribution in [0.4, 0.5) is 0 Å². The van der Waals surface area contributed by atoms with Crippen molar-refractivity contribution in [3.63, 3.8) is 0 Å². The summed E-state index contributed by atoms with van der Waals surface area (Å²) < 4.78 is 0. The maximum atomic E-state index is 10.8. The highest BCUT2D eigenvalue weighted by atomic mass is 16.3. The lowest BCUT2D eigenvalue weighted by Gasteiger charge is -2.05. The van der Waals surface area contributed by atoms with E-state index in [1.54, 1.807) is 13.0 Å². The van der Waals surface area contributed by atoms with Crippen molar-refractivity contribution < 1.29 is 9.90 Å². The third-order valence-corrected chi connectivity index (χ3v) is 1.09. The van der Waals surface area contributed by atoms with E-state index >= 15 is 0 Å². The van der Waals surface area contributed by atoms with Crippen LogP contribution in [0.5, 0.6) is 0 Å². The molecule has 0 saturated carbocycles. The third kappa shape index (κ3) is 6.99. The van der Waals surface area contributed by atoms with E-state index in [4.69, 9.17) is 10.4 Å². The number of amides is 1. The van der Waals surface area contributed by atoms with Gasteiger partial charge in [0.05, 0.1) is 18.7 Å². The van der Waals surface area contributed by atoms with Gasteiger partial charge in [-0.05, 0) is 6.92 Å². The molecule has 5 heteroatoms. The van der Waals surface area contributed by atoms with E-state index in [0.717, 1.165) is 0 Å². The molecule has 5 nitrogen and oxygen atoms in total. The van der Waals surface area contributed by atoms with Crippen molar-refractivity contribution >= 4 is 5.91 Å². The van der Waals surface area contributed by atoms with Crippen LogP contribution in [0.1, 0.15) is 6.92 Å². The van der Waals surface area contributed by atoms with Crippen LogP contribution in [0.2, 0.25) is 0 Å². The fourth-order valence-corrected chi connectivity index (χ4v) is 0.595. The molecule has 0 rings (SSSR count). The first kappa shape index (κ1) is 10.9. The van der Waals surface area contributed by atoms with Gasteiger partial charge in [-0.15, -0.1) is 0 Å². The first-order valence-electron chi connectivity index (χ1n) is 3.69. The average Bonchev–Trinajstić information content (AvgIpc) is 2.00. The molecule has 1 atom stereocenters. The minimum Gasteiger partial charge on any atom is -0.392 e. The summed E-state index contributed by atoms with van der Waals surface area (Å²) in [5.41, 5.74) is 0. The molecule has 68 valence electrons. The molecule has 0 radical (unpaired) electrons. The number of carbonyl (C=O) groups is 1. The molecule has 0 fully saturated rings. The number of nitrogens with zero attached hydrogens (tertiary/aromatic N) is 1. The molecule has 0 bridgehead atoms. The zero-order chi connectivity index (χ0) is 9.40. The summed E-state index contributed by atoms with van der Waals surface area (Å²) >= 11 is 0. The Morgan fingerprint density at radius 3 is 2.92 bits per heavy atom. The summed E-state index contributed by atoms with van der Waals surface area (Å²) in [6, 6.07) is 1.79. The van der Waals surface area contributed by atoms with Gasteiger partial charge in [-0.1, -0.05) is 0 Å². The van der Waals surface area contributed by atoms with Crippen LogP contribution < -0.4 is 10.6 Å². The molecule has 12 heavy (non-hydrogen) atoms. The summed E-state index contributed by atoms with van der Waals surface area (Å²) in [5.74, 6) is -0.239. The second-order valence-corrected chi connectivity index (χ2v) is 2.41. The second-order valence-electron chi connectivity index (χ2n) is 2.41. The minimum atomic E-state index is -0.464. The molecule has 0 aliphatic rings. The molecule has 1 unspecified atom stereocenters. The first-order chi connectivity index (χ1) is 5.66. The van der Waals surface area contributed by atoms with E-state index in [1.807, 2.05) is 0 Å². The maximum Gasteiger partial charge on any atom is 0.234 e. The van der Waals surface area contributed by atoms with Gasteiger partial charge in [0.15, 0.2) is 0 Å². The number of hydrogen-bond donors (Lipinski definition) is 3. The Morgan fingerprint density at radius 2 is 2.42 bits per heavy atom. The highest BCUT2D eigenvalue weighted by molar-refractivity contribution is 5.78. The predicted octanol–water partition coefficient (Wildman–Crippen LogP) is -1.40. The molecule has 0 spiro atoms. The molecular weight excluding hydrogens is 158 g/mol. The Kier molecular flexibility index (Phi) is 5.97. The first-order valence-corrected chi connectivity index (χ1v) is 3.69.